The van der Waals surface area contributed by atoms with Gasteiger partial charge >= 0.3 is 0 Å². The molecule has 1 saturated heterocycles. The first-order valence-corrected chi connectivity index (χ1v) is 7.30. The van der Waals surface area contributed by atoms with Crippen molar-refractivity contribution < 1.29 is 9.53 Å². The van der Waals surface area contributed by atoms with Gasteiger partial charge < -0.3 is 9.64 Å². The van der Waals surface area contributed by atoms with Gasteiger partial charge in [0.05, 0.1) is 13.2 Å². The van der Waals surface area contributed by atoms with Gasteiger partial charge in [-0.1, -0.05) is 29.8 Å². The van der Waals surface area contributed by atoms with Crippen LogP contribution >= 0.6 is 23.2 Å². The largest absolute Gasteiger partial charge is 0.497 e. The van der Waals surface area contributed by atoms with Crippen molar-refractivity contribution in [2.45, 2.75) is 11.4 Å². The Morgan fingerprint density at radius 3 is 2.38 bits per heavy atom. The second kappa shape index (κ2) is 5.58. The summed E-state index contributed by atoms with van der Waals surface area (Å²) < 4.78 is 5.13. The number of benzene rings is 2. The lowest BCUT2D eigenvalue weighted by Gasteiger charge is -2.44. The Morgan fingerprint density at radius 1 is 1.10 bits per heavy atom. The number of ether oxygens (including phenoxy) is 1. The highest BCUT2D eigenvalue weighted by Gasteiger charge is 2.48. The number of nitrogens with zero attached hydrogens (tertiary/aromatic N) is 1. The van der Waals surface area contributed by atoms with E-state index in [1.165, 1.54) is 0 Å². The zero-order chi connectivity index (χ0) is 15.0. The third-order valence-electron chi connectivity index (χ3n) is 3.60. The van der Waals surface area contributed by atoms with Crippen LogP contribution in [-0.4, -0.2) is 18.4 Å². The van der Waals surface area contributed by atoms with E-state index in [1.54, 1.807) is 18.1 Å². The highest BCUT2D eigenvalue weighted by atomic mass is 35.5. The highest BCUT2D eigenvalue weighted by Crippen LogP contribution is 2.44. The summed E-state index contributed by atoms with van der Waals surface area (Å²) >= 11 is 12.4. The summed E-state index contributed by atoms with van der Waals surface area (Å²) in [6.45, 7) is 0. The number of amides is 1. The Morgan fingerprint density at radius 2 is 1.76 bits per heavy atom. The molecule has 2 aromatic rings. The Labute approximate surface area is 133 Å². The molecule has 1 fully saturated rings. The van der Waals surface area contributed by atoms with Gasteiger partial charge in [-0.25, -0.2) is 0 Å². The molecule has 21 heavy (non-hydrogen) atoms. The van der Waals surface area contributed by atoms with Crippen LogP contribution in [0.15, 0.2) is 48.5 Å². The Balaban J connectivity index is 1.96. The molecule has 108 valence electrons. The van der Waals surface area contributed by atoms with Crippen molar-refractivity contribution in [3.63, 3.8) is 0 Å². The van der Waals surface area contributed by atoms with Gasteiger partial charge in [-0.3, -0.25) is 4.79 Å². The molecule has 0 aliphatic carbocycles. The topological polar surface area (TPSA) is 29.5 Å². The van der Waals surface area contributed by atoms with E-state index in [4.69, 9.17) is 27.9 Å². The van der Waals surface area contributed by atoms with Gasteiger partial charge in [-0.05, 0) is 35.9 Å². The van der Waals surface area contributed by atoms with Crippen molar-refractivity contribution >= 4 is 34.8 Å². The first kappa shape index (κ1) is 14.2. The van der Waals surface area contributed by atoms with Gasteiger partial charge in [0.25, 0.3) is 0 Å². The first-order valence-electron chi connectivity index (χ1n) is 6.49. The molecule has 1 heterocycles. The molecule has 0 radical (unpaired) electrons. The summed E-state index contributed by atoms with van der Waals surface area (Å²) in [7, 11) is 1.60. The van der Waals surface area contributed by atoms with Crippen LogP contribution in [-0.2, 0) is 4.79 Å². The quantitative estimate of drug-likeness (QED) is 0.630. The third-order valence-corrected chi connectivity index (χ3v) is 4.37. The van der Waals surface area contributed by atoms with E-state index in [1.807, 2.05) is 42.5 Å². The number of hydrogen-bond donors (Lipinski definition) is 0. The molecule has 0 aromatic heterocycles. The van der Waals surface area contributed by atoms with Crippen molar-refractivity contribution in [3.8, 4) is 5.75 Å². The van der Waals surface area contributed by atoms with E-state index in [2.05, 4.69) is 0 Å². The van der Waals surface area contributed by atoms with E-state index >= 15 is 0 Å². The van der Waals surface area contributed by atoms with Gasteiger partial charge in [0, 0.05) is 10.7 Å². The maximum atomic E-state index is 12.1. The van der Waals surface area contributed by atoms with E-state index in [9.17, 15) is 4.79 Å². The van der Waals surface area contributed by atoms with Crippen LogP contribution in [0.5, 0.6) is 5.75 Å². The number of carbonyl (C=O) groups excluding carboxylic acids is 1. The maximum absolute atomic E-state index is 12.1. The Hall–Kier alpha value is -1.71. The smallest absolute Gasteiger partial charge is 0.248 e. The van der Waals surface area contributed by atoms with Gasteiger partial charge in [-0.2, -0.15) is 0 Å². The third kappa shape index (κ3) is 2.37. The van der Waals surface area contributed by atoms with E-state index in [0.717, 1.165) is 17.0 Å². The van der Waals surface area contributed by atoms with E-state index in [0.29, 0.717) is 5.02 Å². The van der Waals surface area contributed by atoms with Gasteiger partial charge in [0.15, 0.2) is 0 Å². The van der Waals surface area contributed by atoms with E-state index in [-0.39, 0.29) is 11.9 Å². The number of rotatable bonds is 3. The maximum Gasteiger partial charge on any atom is 0.248 e. The molecular weight excluding hydrogens is 309 g/mol. The summed E-state index contributed by atoms with van der Waals surface area (Å²) in [5.74, 6) is 0.621. The molecule has 1 aliphatic heterocycles. The first-order chi connectivity index (χ1) is 10.1. The number of carbonyl (C=O) groups is 1. The zero-order valence-corrected chi connectivity index (χ0v) is 12.8. The molecule has 3 nitrogen and oxygen atoms in total. The number of halogens is 2. The lowest BCUT2D eigenvalue weighted by molar-refractivity contribution is -0.123. The number of anilines is 1. The number of hydrogen-bond acceptors (Lipinski definition) is 2. The molecule has 2 atom stereocenters. The Bertz CT molecular complexity index is 672. The molecule has 0 N–H and O–H groups in total. The second-order valence-corrected chi connectivity index (χ2v) is 5.65. The summed E-state index contributed by atoms with van der Waals surface area (Å²) in [5.41, 5.74) is 1.64. The lowest BCUT2D eigenvalue weighted by atomic mass is 9.92. The van der Waals surface area contributed by atoms with Crippen LogP contribution in [0.4, 0.5) is 5.69 Å². The van der Waals surface area contributed by atoms with Crippen LogP contribution in [0.2, 0.25) is 5.02 Å². The fourth-order valence-corrected chi connectivity index (χ4v) is 3.10. The normalized spacial score (nSPS) is 21.1. The molecule has 5 heteroatoms. The minimum Gasteiger partial charge on any atom is -0.497 e. The lowest BCUT2D eigenvalue weighted by Crippen LogP contribution is -2.56. The molecule has 0 spiro atoms. The highest BCUT2D eigenvalue weighted by molar-refractivity contribution is 6.38. The van der Waals surface area contributed by atoms with Gasteiger partial charge in [0.2, 0.25) is 5.91 Å². The monoisotopic (exact) mass is 321 g/mol. The fourth-order valence-electron chi connectivity index (χ4n) is 2.50. The van der Waals surface area contributed by atoms with Gasteiger partial charge in [0.1, 0.15) is 11.1 Å². The molecule has 3 rings (SSSR count). The van der Waals surface area contributed by atoms with Crippen molar-refractivity contribution in [2.75, 3.05) is 12.0 Å². The Kier molecular flexibility index (Phi) is 3.79. The van der Waals surface area contributed by atoms with Crippen molar-refractivity contribution in [1.82, 2.24) is 0 Å². The second-order valence-electron chi connectivity index (χ2n) is 4.77. The molecule has 0 saturated carbocycles. The zero-order valence-electron chi connectivity index (χ0n) is 11.3. The van der Waals surface area contributed by atoms with Crippen LogP contribution in [0.3, 0.4) is 0 Å². The SMILES string of the molecule is COc1ccc(N2C(=O)[C@H](Cl)[C@H]2c2ccccc2Cl)cc1. The molecule has 1 amide bonds. The molecule has 0 bridgehead atoms. The van der Waals surface area contributed by atoms with Crippen molar-refractivity contribution in [1.29, 1.82) is 0 Å². The molecule has 2 aromatic carbocycles. The fraction of sp³-hybridized carbons (Fsp3) is 0.188. The number of β-lactam (4-membered cyclic amide) rings is 1. The van der Waals surface area contributed by atoms with Crippen molar-refractivity contribution in [3.05, 3.63) is 59.1 Å². The van der Waals surface area contributed by atoms with Crippen LogP contribution < -0.4 is 9.64 Å². The minimum atomic E-state index is -0.591. The van der Waals surface area contributed by atoms with Crippen LogP contribution in [0.25, 0.3) is 0 Å². The van der Waals surface area contributed by atoms with E-state index < -0.39 is 5.38 Å². The average Bonchev–Trinajstić information content (AvgIpc) is 2.53. The van der Waals surface area contributed by atoms with Crippen molar-refractivity contribution in [2.24, 2.45) is 0 Å². The number of alkyl halides is 1. The summed E-state index contributed by atoms with van der Waals surface area (Å²) in [6, 6.07) is 14.5. The summed E-state index contributed by atoms with van der Waals surface area (Å²) in [5, 5.41) is 0.0196. The van der Waals surface area contributed by atoms with Gasteiger partial charge in [-0.15, -0.1) is 11.6 Å². The standard InChI is InChI=1S/C16H13Cl2NO2/c1-21-11-8-6-10(7-9-11)19-15(14(18)16(19)20)12-4-2-3-5-13(12)17/h2-9,14-15H,1H3/t14-,15-/m1/s1. The summed E-state index contributed by atoms with van der Waals surface area (Å²) in [6.07, 6.45) is 0. The van der Waals surface area contributed by atoms with Crippen LogP contribution in [0.1, 0.15) is 11.6 Å². The molecular formula is C16H13Cl2NO2. The number of methoxy groups -OCH3 is 1. The summed E-state index contributed by atoms with van der Waals surface area (Å²) in [4.78, 5) is 13.8. The predicted molar refractivity (Wildman–Crippen MR) is 84.3 cm³/mol. The molecule has 0 unspecified atom stereocenters. The average molecular weight is 322 g/mol. The van der Waals surface area contributed by atoms with Crippen LogP contribution in [0, 0.1) is 0 Å². The minimum absolute atomic E-state index is 0.119. The predicted octanol–water partition coefficient (Wildman–Crippen LogP) is 4.04. The molecule has 1 aliphatic rings.